The highest BCUT2D eigenvalue weighted by atomic mass is 15.1. The SMILES string of the molecule is Cc1ccccc1C(C)N(C)CCC(N)C(C)C. The summed E-state index contributed by atoms with van der Waals surface area (Å²) in [4.78, 5) is 2.39. The summed E-state index contributed by atoms with van der Waals surface area (Å²) in [6.07, 6.45) is 1.06. The molecule has 2 N–H and O–H groups in total. The third kappa shape index (κ3) is 4.11. The lowest BCUT2D eigenvalue weighted by molar-refractivity contribution is 0.243. The van der Waals surface area contributed by atoms with Crippen LogP contribution in [0, 0.1) is 12.8 Å². The molecule has 0 amide bonds. The molecule has 102 valence electrons. The first kappa shape index (κ1) is 15.2. The number of hydrogen-bond donors (Lipinski definition) is 1. The van der Waals surface area contributed by atoms with Crippen LogP contribution in [0.5, 0.6) is 0 Å². The monoisotopic (exact) mass is 248 g/mol. The first-order valence-corrected chi connectivity index (χ1v) is 6.94. The van der Waals surface area contributed by atoms with Crippen LogP contribution in [-0.2, 0) is 0 Å². The molecule has 1 aromatic rings. The maximum Gasteiger partial charge on any atom is 0.0319 e. The minimum absolute atomic E-state index is 0.302. The molecule has 0 radical (unpaired) electrons. The molecule has 0 bridgehead atoms. The number of rotatable bonds is 6. The van der Waals surface area contributed by atoms with E-state index in [4.69, 9.17) is 5.73 Å². The van der Waals surface area contributed by atoms with Crippen molar-refractivity contribution in [3.63, 3.8) is 0 Å². The minimum atomic E-state index is 0.302. The Morgan fingerprint density at radius 1 is 1.17 bits per heavy atom. The average molecular weight is 248 g/mol. The zero-order valence-corrected chi connectivity index (χ0v) is 12.5. The second-order valence-electron chi connectivity index (χ2n) is 5.71. The molecule has 0 aliphatic rings. The van der Waals surface area contributed by atoms with E-state index in [0.29, 0.717) is 18.0 Å². The van der Waals surface area contributed by atoms with E-state index < -0.39 is 0 Å². The van der Waals surface area contributed by atoms with Gasteiger partial charge < -0.3 is 5.73 Å². The Hall–Kier alpha value is -0.860. The van der Waals surface area contributed by atoms with Gasteiger partial charge in [0.05, 0.1) is 0 Å². The normalized spacial score (nSPS) is 15.1. The standard InChI is InChI=1S/C16H28N2/c1-12(2)16(17)10-11-18(5)14(4)15-9-7-6-8-13(15)3/h6-9,12,14,16H,10-11,17H2,1-5H3. The van der Waals surface area contributed by atoms with Gasteiger partial charge in [-0.25, -0.2) is 0 Å². The lowest BCUT2D eigenvalue weighted by Crippen LogP contribution is -2.33. The van der Waals surface area contributed by atoms with Gasteiger partial charge in [-0.3, -0.25) is 4.90 Å². The van der Waals surface area contributed by atoms with Crippen LogP contribution in [0.3, 0.4) is 0 Å². The van der Waals surface area contributed by atoms with Gasteiger partial charge >= 0.3 is 0 Å². The molecule has 0 saturated heterocycles. The van der Waals surface area contributed by atoms with Gasteiger partial charge in [0.1, 0.15) is 0 Å². The molecule has 2 unspecified atom stereocenters. The fourth-order valence-corrected chi connectivity index (χ4v) is 2.17. The second-order valence-corrected chi connectivity index (χ2v) is 5.71. The minimum Gasteiger partial charge on any atom is -0.327 e. The lowest BCUT2D eigenvalue weighted by Gasteiger charge is -2.28. The molecule has 1 rings (SSSR count). The molecule has 1 aromatic carbocycles. The topological polar surface area (TPSA) is 29.3 Å². The predicted octanol–water partition coefficient (Wildman–Crippen LogP) is 3.36. The summed E-state index contributed by atoms with van der Waals surface area (Å²) >= 11 is 0. The highest BCUT2D eigenvalue weighted by Crippen LogP contribution is 2.22. The van der Waals surface area contributed by atoms with Crippen LogP contribution in [0.25, 0.3) is 0 Å². The van der Waals surface area contributed by atoms with Crippen LogP contribution < -0.4 is 5.73 Å². The highest BCUT2D eigenvalue weighted by molar-refractivity contribution is 5.28. The Labute approximate surface area is 112 Å². The summed E-state index contributed by atoms with van der Waals surface area (Å²) in [7, 11) is 2.18. The number of benzene rings is 1. The van der Waals surface area contributed by atoms with Gasteiger partial charge in [-0.1, -0.05) is 38.1 Å². The Balaban J connectivity index is 2.57. The van der Waals surface area contributed by atoms with Gasteiger partial charge in [-0.05, 0) is 50.9 Å². The zero-order valence-electron chi connectivity index (χ0n) is 12.5. The Kier molecular flexibility index (Phi) is 5.83. The van der Waals surface area contributed by atoms with Crippen molar-refractivity contribution < 1.29 is 0 Å². The van der Waals surface area contributed by atoms with Crippen LogP contribution in [0.1, 0.15) is 44.4 Å². The molecule has 18 heavy (non-hydrogen) atoms. The molecule has 0 fully saturated rings. The lowest BCUT2D eigenvalue weighted by atomic mass is 9.99. The summed E-state index contributed by atoms with van der Waals surface area (Å²) < 4.78 is 0. The molecule has 2 atom stereocenters. The zero-order chi connectivity index (χ0) is 13.7. The van der Waals surface area contributed by atoms with Crippen LogP contribution >= 0.6 is 0 Å². The molecule has 0 spiro atoms. The Morgan fingerprint density at radius 2 is 1.78 bits per heavy atom. The van der Waals surface area contributed by atoms with Crippen LogP contribution in [0.15, 0.2) is 24.3 Å². The van der Waals surface area contributed by atoms with Crippen molar-refractivity contribution in [2.24, 2.45) is 11.7 Å². The van der Waals surface area contributed by atoms with E-state index in [1.54, 1.807) is 0 Å². The summed E-state index contributed by atoms with van der Waals surface area (Å²) in [5.74, 6) is 0.562. The maximum absolute atomic E-state index is 6.11. The first-order valence-electron chi connectivity index (χ1n) is 6.94. The number of nitrogens with zero attached hydrogens (tertiary/aromatic N) is 1. The van der Waals surface area contributed by atoms with Gasteiger partial charge in [0, 0.05) is 12.1 Å². The average Bonchev–Trinajstić information content (AvgIpc) is 2.35. The summed E-state index contributed by atoms with van der Waals surface area (Å²) in [5, 5.41) is 0. The van der Waals surface area contributed by atoms with Gasteiger partial charge in [0.15, 0.2) is 0 Å². The second kappa shape index (κ2) is 6.91. The van der Waals surface area contributed by atoms with Gasteiger partial charge in [-0.2, -0.15) is 0 Å². The van der Waals surface area contributed by atoms with E-state index in [1.807, 2.05) is 0 Å². The molecule has 2 nitrogen and oxygen atoms in total. The Bertz CT molecular complexity index is 360. The van der Waals surface area contributed by atoms with Gasteiger partial charge in [0.25, 0.3) is 0 Å². The third-order valence-electron chi connectivity index (χ3n) is 3.97. The molecular formula is C16H28N2. The quantitative estimate of drug-likeness (QED) is 0.836. The molecule has 0 aromatic heterocycles. The van der Waals surface area contributed by atoms with Crippen LogP contribution in [0.2, 0.25) is 0 Å². The maximum atomic E-state index is 6.11. The van der Waals surface area contributed by atoms with Crippen LogP contribution in [-0.4, -0.2) is 24.5 Å². The highest BCUT2D eigenvalue weighted by Gasteiger charge is 2.15. The molecule has 2 heteroatoms. The smallest absolute Gasteiger partial charge is 0.0319 e. The van der Waals surface area contributed by atoms with Crippen molar-refractivity contribution in [2.45, 2.75) is 46.2 Å². The van der Waals surface area contributed by atoms with Crippen molar-refractivity contribution in [3.8, 4) is 0 Å². The van der Waals surface area contributed by atoms with E-state index in [1.165, 1.54) is 11.1 Å². The van der Waals surface area contributed by atoms with Crippen molar-refractivity contribution in [3.05, 3.63) is 35.4 Å². The summed E-state index contributed by atoms with van der Waals surface area (Å²) in [6.45, 7) is 9.88. The van der Waals surface area contributed by atoms with E-state index in [-0.39, 0.29) is 0 Å². The van der Waals surface area contributed by atoms with E-state index in [2.05, 4.69) is 63.9 Å². The molecule has 0 aliphatic heterocycles. The van der Waals surface area contributed by atoms with Crippen molar-refractivity contribution in [1.82, 2.24) is 4.90 Å². The molecule has 0 heterocycles. The molecule has 0 aliphatic carbocycles. The number of nitrogens with two attached hydrogens (primary N) is 1. The van der Waals surface area contributed by atoms with Crippen molar-refractivity contribution >= 4 is 0 Å². The van der Waals surface area contributed by atoms with Crippen molar-refractivity contribution in [1.29, 1.82) is 0 Å². The van der Waals surface area contributed by atoms with Crippen LogP contribution in [0.4, 0.5) is 0 Å². The van der Waals surface area contributed by atoms with Crippen molar-refractivity contribution in [2.75, 3.05) is 13.6 Å². The fourth-order valence-electron chi connectivity index (χ4n) is 2.17. The molecule has 0 saturated carbocycles. The molecular weight excluding hydrogens is 220 g/mol. The van der Waals surface area contributed by atoms with E-state index in [0.717, 1.165) is 13.0 Å². The van der Waals surface area contributed by atoms with Gasteiger partial charge in [0.2, 0.25) is 0 Å². The predicted molar refractivity (Wildman–Crippen MR) is 79.7 cm³/mol. The first-order chi connectivity index (χ1) is 8.43. The third-order valence-corrected chi connectivity index (χ3v) is 3.97. The summed E-state index contributed by atoms with van der Waals surface area (Å²) in [5.41, 5.74) is 8.89. The number of aryl methyl sites for hydroxylation is 1. The number of hydrogen-bond acceptors (Lipinski definition) is 2. The largest absolute Gasteiger partial charge is 0.327 e. The van der Waals surface area contributed by atoms with E-state index >= 15 is 0 Å². The Morgan fingerprint density at radius 3 is 2.33 bits per heavy atom. The fraction of sp³-hybridized carbons (Fsp3) is 0.625. The van der Waals surface area contributed by atoms with E-state index in [9.17, 15) is 0 Å². The van der Waals surface area contributed by atoms with Gasteiger partial charge in [-0.15, -0.1) is 0 Å². The summed E-state index contributed by atoms with van der Waals surface area (Å²) in [6, 6.07) is 9.37.